The van der Waals surface area contributed by atoms with Gasteiger partial charge >= 0.3 is 66.1 Å². The van der Waals surface area contributed by atoms with Gasteiger partial charge in [0.2, 0.25) is 0 Å². The summed E-state index contributed by atoms with van der Waals surface area (Å²) < 4.78 is 2.93. The fourth-order valence-corrected chi connectivity index (χ4v) is 5.03. The Morgan fingerprint density at radius 1 is 1.62 bits per heavy atom. The van der Waals surface area contributed by atoms with E-state index in [9.17, 15) is 0 Å². The third kappa shape index (κ3) is 7.11. The van der Waals surface area contributed by atoms with Crippen molar-refractivity contribution >= 4 is 32.9 Å². The molecule has 0 saturated carbocycles. The summed E-state index contributed by atoms with van der Waals surface area (Å²) in [5, 5.41) is 0. The van der Waals surface area contributed by atoms with E-state index < -0.39 is 0 Å². The van der Waals surface area contributed by atoms with Gasteiger partial charge in [0.05, 0.1) is 0 Å². The van der Waals surface area contributed by atoms with Crippen molar-refractivity contribution in [1.29, 1.82) is 0 Å². The molecule has 48 valence electrons. The van der Waals surface area contributed by atoms with Crippen LogP contribution in [0.2, 0.25) is 4.44 Å². The molecule has 0 heterocycles. The Hall–Kier alpha value is 1.11. The van der Waals surface area contributed by atoms with Crippen LogP contribution in [0.3, 0.4) is 0 Å². The van der Waals surface area contributed by atoms with Crippen LogP contribution in [0.5, 0.6) is 0 Å². The predicted octanol–water partition coefficient (Wildman–Crippen LogP) is 0.778. The first-order valence-corrected chi connectivity index (χ1v) is 8.24. The van der Waals surface area contributed by atoms with E-state index in [1.54, 1.807) is 0 Å². The molecule has 0 aromatic rings. The number of rotatable bonds is 5. The van der Waals surface area contributed by atoms with E-state index in [0.717, 1.165) is 6.54 Å². The Balaban J connectivity index is 2.53. The van der Waals surface area contributed by atoms with Crippen LogP contribution < -0.4 is 5.73 Å². The molecule has 0 fully saturated rings. The van der Waals surface area contributed by atoms with Crippen molar-refractivity contribution in [2.75, 3.05) is 16.6 Å². The van der Waals surface area contributed by atoms with E-state index in [1.807, 2.05) is 11.8 Å². The monoisotopic (exact) mass is 239 g/mol. The zero-order valence-corrected chi connectivity index (χ0v) is 8.98. The summed E-state index contributed by atoms with van der Waals surface area (Å²) in [6.45, 7) is 0.898. The first kappa shape index (κ1) is 9.11. The number of nitrogens with two attached hydrogens (primary N) is 1. The van der Waals surface area contributed by atoms with Gasteiger partial charge in [-0.1, -0.05) is 0 Å². The molecule has 0 aromatic carbocycles. The molecule has 0 aliphatic rings. The molecule has 0 unspecified atom stereocenters. The zero-order chi connectivity index (χ0) is 6.24. The van der Waals surface area contributed by atoms with E-state index in [4.69, 9.17) is 5.73 Å². The maximum atomic E-state index is 5.33. The van der Waals surface area contributed by atoms with E-state index in [0.29, 0.717) is 0 Å². The quantitative estimate of drug-likeness (QED) is 0.565. The number of hydrogen-bond acceptors (Lipinski definition) is 2. The molecule has 0 aliphatic heterocycles. The Kier molecular flexibility index (Phi) is 9.23. The van der Waals surface area contributed by atoms with Crippen molar-refractivity contribution in [3.8, 4) is 0 Å². The van der Waals surface area contributed by atoms with Gasteiger partial charge in [-0.15, -0.1) is 0 Å². The van der Waals surface area contributed by atoms with E-state index in [1.165, 1.54) is 14.6 Å². The first-order valence-electron chi connectivity index (χ1n) is 2.81. The molecular formula is C5H13NSSn. The van der Waals surface area contributed by atoms with E-state index in [-0.39, 0.29) is 21.1 Å². The zero-order valence-electron chi connectivity index (χ0n) is 5.31. The summed E-state index contributed by atoms with van der Waals surface area (Å²) in [5.41, 5.74) is 5.33. The Morgan fingerprint density at radius 2 is 2.38 bits per heavy atom. The van der Waals surface area contributed by atoms with Crippen molar-refractivity contribution in [2.45, 2.75) is 10.9 Å². The fraction of sp³-hybridized carbons (Fsp3) is 1.00. The van der Waals surface area contributed by atoms with Gasteiger partial charge in [-0.25, -0.2) is 0 Å². The topological polar surface area (TPSA) is 26.0 Å². The van der Waals surface area contributed by atoms with E-state index in [2.05, 4.69) is 6.26 Å². The van der Waals surface area contributed by atoms with Crippen LogP contribution in [0.15, 0.2) is 0 Å². The van der Waals surface area contributed by atoms with Crippen LogP contribution in [-0.4, -0.2) is 37.7 Å². The van der Waals surface area contributed by atoms with Crippen LogP contribution in [0, 0.1) is 0 Å². The van der Waals surface area contributed by atoms with Crippen LogP contribution in [0.1, 0.15) is 6.42 Å². The molecule has 3 heteroatoms. The molecule has 0 rings (SSSR count). The molecule has 8 heavy (non-hydrogen) atoms. The molecule has 0 amide bonds. The van der Waals surface area contributed by atoms with Crippen molar-refractivity contribution in [3.63, 3.8) is 0 Å². The molecule has 0 spiro atoms. The molecule has 0 aromatic heterocycles. The van der Waals surface area contributed by atoms with Crippen molar-refractivity contribution in [3.05, 3.63) is 0 Å². The number of thioether (sulfide) groups is 1. The molecule has 2 N–H and O–H groups in total. The van der Waals surface area contributed by atoms with E-state index >= 15 is 0 Å². The standard InChI is InChI=1S/C3H8N.C2H5S.Sn/c1-2-3-4;1-3-2;/h1-4H2;1H2,2H3;. The van der Waals surface area contributed by atoms with Crippen molar-refractivity contribution < 1.29 is 0 Å². The van der Waals surface area contributed by atoms with Gasteiger partial charge in [0.25, 0.3) is 0 Å². The Bertz CT molecular complexity index is 37.4. The molecule has 0 aliphatic carbocycles. The number of hydrogen-bond donors (Lipinski definition) is 1. The third-order valence-corrected chi connectivity index (χ3v) is 7.53. The molecule has 0 bridgehead atoms. The second kappa shape index (κ2) is 8.11. The average Bonchev–Trinajstić information content (AvgIpc) is 1.81. The van der Waals surface area contributed by atoms with Crippen LogP contribution in [-0.2, 0) is 0 Å². The fourth-order valence-electron chi connectivity index (χ4n) is 0.401. The van der Waals surface area contributed by atoms with Gasteiger partial charge in [-0.3, -0.25) is 0 Å². The summed E-state index contributed by atoms with van der Waals surface area (Å²) in [6.07, 6.45) is 3.45. The van der Waals surface area contributed by atoms with Crippen LogP contribution in [0.25, 0.3) is 0 Å². The predicted molar refractivity (Wildman–Crippen MR) is 42.6 cm³/mol. The first-order chi connectivity index (χ1) is 3.91. The minimum absolute atomic E-state index is 0.0484. The van der Waals surface area contributed by atoms with Gasteiger partial charge < -0.3 is 0 Å². The summed E-state index contributed by atoms with van der Waals surface area (Å²) in [6, 6.07) is 0. The normalized spacial score (nSPS) is 9.75. The average molecular weight is 238 g/mol. The third-order valence-electron chi connectivity index (χ3n) is 0.804. The summed E-state index contributed by atoms with van der Waals surface area (Å²) in [4.78, 5) is 0. The van der Waals surface area contributed by atoms with Gasteiger partial charge in [-0.2, -0.15) is 0 Å². The molecule has 0 saturated heterocycles. The molecule has 2 radical (unpaired) electrons. The van der Waals surface area contributed by atoms with Crippen molar-refractivity contribution in [2.24, 2.45) is 5.73 Å². The van der Waals surface area contributed by atoms with Crippen LogP contribution in [0.4, 0.5) is 0 Å². The maximum absolute atomic E-state index is 5.33. The second-order valence-electron chi connectivity index (χ2n) is 1.58. The SMILES string of the molecule is CS[CH2][Sn][CH2]CCN. The molecule has 1 nitrogen and oxygen atoms in total. The minimum atomic E-state index is 0.0484. The van der Waals surface area contributed by atoms with Gasteiger partial charge in [0, 0.05) is 0 Å². The van der Waals surface area contributed by atoms with Crippen molar-refractivity contribution in [1.82, 2.24) is 0 Å². The Labute approximate surface area is 66.0 Å². The molecular weight excluding hydrogens is 225 g/mol. The Morgan fingerprint density at radius 3 is 2.88 bits per heavy atom. The van der Waals surface area contributed by atoms with Crippen LogP contribution >= 0.6 is 11.8 Å². The summed E-state index contributed by atoms with van der Waals surface area (Å²) >= 11 is 2.04. The summed E-state index contributed by atoms with van der Waals surface area (Å²) in [7, 11) is 0. The summed E-state index contributed by atoms with van der Waals surface area (Å²) in [5.74, 6) is 0. The molecule has 0 atom stereocenters. The van der Waals surface area contributed by atoms with Gasteiger partial charge in [0.1, 0.15) is 0 Å². The second-order valence-corrected chi connectivity index (χ2v) is 7.77. The van der Waals surface area contributed by atoms with Gasteiger partial charge in [0.15, 0.2) is 0 Å². The van der Waals surface area contributed by atoms with Gasteiger partial charge in [-0.05, 0) is 0 Å².